The Morgan fingerprint density at radius 2 is 2.00 bits per heavy atom. The van der Waals surface area contributed by atoms with Gasteiger partial charge in [0.15, 0.2) is 0 Å². The van der Waals surface area contributed by atoms with Gasteiger partial charge < -0.3 is 10.6 Å². The molecular weight excluding hydrogens is 251 g/mol. The quantitative estimate of drug-likeness (QED) is 0.855. The highest BCUT2D eigenvalue weighted by molar-refractivity contribution is 5.50. The number of anilines is 1. The molecule has 2 N–H and O–H groups in total. The summed E-state index contributed by atoms with van der Waals surface area (Å²) in [5.74, 6) is -0.0976. The Hall–Kier alpha value is -1.09. The molecule has 0 saturated heterocycles. The molecule has 0 radical (unpaired) electrons. The maximum atomic E-state index is 14.4. The van der Waals surface area contributed by atoms with Crippen LogP contribution in [0, 0.1) is 5.82 Å². The van der Waals surface area contributed by atoms with E-state index >= 15 is 0 Å². The first-order valence-corrected chi connectivity index (χ1v) is 7.96. The first kappa shape index (κ1) is 15.3. The van der Waals surface area contributed by atoms with E-state index in [2.05, 4.69) is 18.7 Å². The Kier molecular flexibility index (Phi) is 5.41. The number of nitrogens with two attached hydrogens (primary N) is 1. The van der Waals surface area contributed by atoms with Crippen molar-refractivity contribution in [2.24, 2.45) is 5.73 Å². The molecule has 1 aliphatic carbocycles. The number of hydrogen-bond acceptors (Lipinski definition) is 2. The van der Waals surface area contributed by atoms with Gasteiger partial charge in [0.1, 0.15) is 5.82 Å². The Balaban J connectivity index is 2.15. The first-order valence-electron chi connectivity index (χ1n) is 7.96. The van der Waals surface area contributed by atoms with Crippen molar-refractivity contribution >= 4 is 5.69 Å². The topological polar surface area (TPSA) is 29.3 Å². The summed E-state index contributed by atoms with van der Waals surface area (Å²) in [5, 5.41) is 0. The predicted molar refractivity (Wildman–Crippen MR) is 83.6 cm³/mol. The average Bonchev–Trinajstić information content (AvgIpc) is 2.96. The second-order valence-corrected chi connectivity index (χ2v) is 5.88. The summed E-state index contributed by atoms with van der Waals surface area (Å²) in [5.41, 5.74) is 7.71. The fraction of sp³-hybridized carbons (Fsp3) is 0.647. The molecule has 1 fully saturated rings. The number of benzene rings is 1. The van der Waals surface area contributed by atoms with Crippen LogP contribution < -0.4 is 10.6 Å². The van der Waals surface area contributed by atoms with Crippen molar-refractivity contribution in [2.75, 3.05) is 11.4 Å². The lowest BCUT2D eigenvalue weighted by Gasteiger charge is -2.30. The van der Waals surface area contributed by atoms with Crippen molar-refractivity contribution in [3.05, 3.63) is 29.6 Å². The van der Waals surface area contributed by atoms with E-state index in [1.54, 1.807) is 6.07 Å². The van der Waals surface area contributed by atoms with Gasteiger partial charge in [0, 0.05) is 18.6 Å². The smallest absolute Gasteiger partial charge is 0.146 e. The molecule has 1 unspecified atom stereocenters. The Morgan fingerprint density at radius 3 is 2.55 bits per heavy atom. The van der Waals surface area contributed by atoms with Crippen molar-refractivity contribution in [3.63, 3.8) is 0 Å². The number of hydrogen-bond donors (Lipinski definition) is 1. The Morgan fingerprint density at radius 1 is 1.30 bits per heavy atom. The molecule has 0 bridgehead atoms. The van der Waals surface area contributed by atoms with Crippen LogP contribution in [-0.2, 0) is 6.42 Å². The molecule has 0 heterocycles. The zero-order valence-electron chi connectivity index (χ0n) is 12.7. The van der Waals surface area contributed by atoms with Crippen LogP contribution in [0.1, 0.15) is 51.5 Å². The van der Waals surface area contributed by atoms with Gasteiger partial charge in [-0.3, -0.25) is 0 Å². The average molecular weight is 278 g/mol. The van der Waals surface area contributed by atoms with E-state index in [9.17, 15) is 4.39 Å². The summed E-state index contributed by atoms with van der Waals surface area (Å²) >= 11 is 0. The van der Waals surface area contributed by atoms with E-state index in [0.29, 0.717) is 6.04 Å². The van der Waals surface area contributed by atoms with Gasteiger partial charge in [-0.05, 0) is 50.3 Å². The maximum Gasteiger partial charge on any atom is 0.146 e. The van der Waals surface area contributed by atoms with Crippen molar-refractivity contribution < 1.29 is 4.39 Å². The molecular formula is C17H27FN2. The summed E-state index contributed by atoms with van der Waals surface area (Å²) in [4.78, 5) is 2.23. The van der Waals surface area contributed by atoms with Crippen LogP contribution in [0.15, 0.2) is 18.2 Å². The molecule has 1 atom stereocenters. The molecule has 2 rings (SSSR count). The van der Waals surface area contributed by atoms with Crippen LogP contribution in [0.3, 0.4) is 0 Å². The summed E-state index contributed by atoms with van der Waals surface area (Å²) in [6.45, 7) is 5.04. The fourth-order valence-electron chi connectivity index (χ4n) is 3.20. The molecule has 0 aliphatic heterocycles. The normalized spacial score (nSPS) is 17.4. The minimum absolute atomic E-state index is 0.0976. The van der Waals surface area contributed by atoms with Crippen molar-refractivity contribution in [2.45, 2.75) is 64.5 Å². The largest absolute Gasteiger partial charge is 0.366 e. The third kappa shape index (κ3) is 3.51. The molecule has 0 aromatic heterocycles. The van der Waals surface area contributed by atoms with E-state index < -0.39 is 0 Å². The molecule has 1 aliphatic rings. The molecule has 112 valence electrons. The summed E-state index contributed by atoms with van der Waals surface area (Å²) < 4.78 is 14.4. The van der Waals surface area contributed by atoms with E-state index in [1.807, 2.05) is 12.1 Å². The lowest BCUT2D eigenvalue weighted by molar-refractivity contribution is 0.574. The van der Waals surface area contributed by atoms with E-state index in [-0.39, 0.29) is 11.9 Å². The molecule has 2 nitrogen and oxygen atoms in total. The van der Waals surface area contributed by atoms with Gasteiger partial charge in [0.05, 0.1) is 5.69 Å². The standard InChI is InChI=1S/C17H27FN2/c1-3-14(19)11-13-9-10-17(16(18)12-13)20(4-2)15-7-5-6-8-15/h9-10,12,14-15H,3-8,11,19H2,1-2H3. The highest BCUT2D eigenvalue weighted by atomic mass is 19.1. The summed E-state index contributed by atoms with van der Waals surface area (Å²) in [7, 11) is 0. The van der Waals surface area contributed by atoms with Crippen LogP contribution >= 0.6 is 0 Å². The highest BCUT2D eigenvalue weighted by Gasteiger charge is 2.23. The van der Waals surface area contributed by atoms with Crippen LogP contribution in [0.4, 0.5) is 10.1 Å². The van der Waals surface area contributed by atoms with Gasteiger partial charge in [-0.2, -0.15) is 0 Å². The van der Waals surface area contributed by atoms with Gasteiger partial charge in [-0.25, -0.2) is 4.39 Å². The number of halogens is 1. The monoisotopic (exact) mass is 278 g/mol. The van der Waals surface area contributed by atoms with Crippen LogP contribution in [0.2, 0.25) is 0 Å². The minimum Gasteiger partial charge on any atom is -0.366 e. The lowest BCUT2D eigenvalue weighted by atomic mass is 10.0. The molecule has 20 heavy (non-hydrogen) atoms. The van der Waals surface area contributed by atoms with E-state index in [4.69, 9.17) is 5.73 Å². The van der Waals surface area contributed by atoms with Gasteiger partial charge >= 0.3 is 0 Å². The third-order valence-electron chi connectivity index (χ3n) is 4.45. The van der Waals surface area contributed by atoms with Crippen LogP contribution in [0.5, 0.6) is 0 Å². The Bertz CT molecular complexity index is 427. The van der Waals surface area contributed by atoms with Crippen LogP contribution in [-0.4, -0.2) is 18.6 Å². The minimum atomic E-state index is -0.0976. The molecule has 1 aromatic carbocycles. The van der Waals surface area contributed by atoms with E-state index in [0.717, 1.165) is 30.6 Å². The van der Waals surface area contributed by atoms with Gasteiger partial charge in [-0.1, -0.05) is 25.8 Å². The van der Waals surface area contributed by atoms with Crippen LogP contribution in [0.25, 0.3) is 0 Å². The summed E-state index contributed by atoms with van der Waals surface area (Å²) in [6.07, 6.45) is 6.60. The predicted octanol–water partition coefficient (Wildman–Crippen LogP) is 3.87. The molecule has 0 amide bonds. The lowest BCUT2D eigenvalue weighted by Crippen LogP contribution is -2.33. The van der Waals surface area contributed by atoms with Gasteiger partial charge in [0.25, 0.3) is 0 Å². The van der Waals surface area contributed by atoms with Gasteiger partial charge in [0.2, 0.25) is 0 Å². The van der Waals surface area contributed by atoms with Gasteiger partial charge in [-0.15, -0.1) is 0 Å². The number of rotatable bonds is 6. The molecule has 3 heteroatoms. The third-order valence-corrected chi connectivity index (χ3v) is 4.45. The zero-order chi connectivity index (χ0) is 14.5. The molecule has 0 spiro atoms. The summed E-state index contributed by atoms with van der Waals surface area (Å²) in [6, 6.07) is 6.28. The van der Waals surface area contributed by atoms with Crippen molar-refractivity contribution in [1.82, 2.24) is 0 Å². The number of nitrogens with zero attached hydrogens (tertiary/aromatic N) is 1. The molecule has 1 saturated carbocycles. The second kappa shape index (κ2) is 7.07. The highest BCUT2D eigenvalue weighted by Crippen LogP contribution is 2.30. The SMILES string of the molecule is CCC(N)Cc1ccc(N(CC)C2CCCC2)c(F)c1. The second-order valence-electron chi connectivity index (χ2n) is 5.88. The zero-order valence-corrected chi connectivity index (χ0v) is 12.7. The Labute approximate surface area is 122 Å². The van der Waals surface area contributed by atoms with Crippen molar-refractivity contribution in [3.8, 4) is 0 Å². The first-order chi connectivity index (χ1) is 9.65. The molecule has 1 aromatic rings. The maximum absolute atomic E-state index is 14.4. The fourth-order valence-corrected chi connectivity index (χ4v) is 3.20. The van der Waals surface area contributed by atoms with Crippen molar-refractivity contribution in [1.29, 1.82) is 0 Å². The van der Waals surface area contributed by atoms with E-state index in [1.165, 1.54) is 25.7 Å².